The van der Waals surface area contributed by atoms with Crippen LogP contribution in [0.2, 0.25) is 0 Å². The minimum absolute atomic E-state index is 0.0505. The average molecular weight is 459 g/mol. The van der Waals surface area contributed by atoms with Crippen LogP contribution in [0.3, 0.4) is 0 Å². The number of nitrogens with two attached hydrogens (primary N) is 1. The van der Waals surface area contributed by atoms with Gasteiger partial charge in [-0.2, -0.15) is 10.3 Å². The van der Waals surface area contributed by atoms with Crippen LogP contribution in [0.4, 0.5) is 0 Å². The molecule has 2 aromatic carbocycles. The number of nitriles is 1. The summed E-state index contributed by atoms with van der Waals surface area (Å²) in [5, 5.41) is 14.1. The molecular weight excluding hydrogens is 440 g/mol. The maximum atomic E-state index is 12.6. The van der Waals surface area contributed by atoms with Crippen LogP contribution in [0.1, 0.15) is 29.3 Å². The number of amides is 1. The van der Waals surface area contributed by atoms with Gasteiger partial charge in [0.05, 0.1) is 39.8 Å². The average Bonchev–Trinajstić information content (AvgIpc) is 3.08. The van der Waals surface area contributed by atoms with Gasteiger partial charge in [-0.05, 0) is 49.4 Å². The van der Waals surface area contributed by atoms with Crippen LogP contribution < -0.4 is 9.94 Å². The number of fused-ring (bicyclic) bond motifs is 1. The van der Waals surface area contributed by atoms with Crippen molar-refractivity contribution in [1.29, 1.82) is 5.26 Å². The quantitative estimate of drug-likeness (QED) is 0.559. The Morgan fingerprint density at radius 3 is 2.55 bits per heavy atom. The molecule has 1 heterocycles. The molecule has 0 radical (unpaired) electrons. The van der Waals surface area contributed by atoms with E-state index in [1.165, 1.54) is 36.4 Å². The van der Waals surface area contributed by atoms with Gasteiger partial charge in [-0.25, -0.2) is 13.6 Å². The Morgan fingerprint density at radius 1 is 1.23 bits per heavy atom. The second-order valence-corrected chi connectivity index (χ2v) is 8.94. The van der Waals surface area contributed by atoms with Crippen LogP contribution in [0.25, 0.3) is 10.2 Å². The van der Waals surface area contributed by atoms with E-state index < -0.39 is 21.9 Å². The number of carbonyl (C=O) groups is 2. The molecule has 0 aliphatic rings. The summed E-state index contributed by atoms with van der Waals surface area (Å²) in [6.45, 7) is 2.14. The minimum Gasteiger partial charge on any atom is -0.466 e. The highest BCUT2D eigenvalue weighted by molar-refractivity contribution is 7.89. The van der Waals surface area contributed by atoms with Gasteiger partial charge in [0.15, 0.2) is 4.80 Å². The van der Waals surface area contributed by atoms with Crippen LogP contribution in [-0.4, -0.2) is 31.5 Å². The Labute approximate surface area is 182 Å². The summed E-state index contributed by atoms with van der Waals surface area (Å²) in [5.41, 5.74) is 1.31. The fourth-order valence-electron chi connectivity index (χ4n) is 2.81. The molecule has 1 aromatic heterocycles. The van der Waals surface area contributed by atoms with Crippen molar-refractivity contribution < 1.29 is 22.7 Å². The number of carbonyl (C=O) groups excluding carboxylic acids is 2. The normalized spacial score (nSPS) is 12.0. The standard InChI is InChI=1S/C20H18N4O5S2/c1-2-29-18(25)9-10-24-16-8-7-15(31(22,27)28)11-17(16)30-20(24)23-19(26)14-5-3-13(12-21)4-6-14/h3-8,11H,2,9-10H2,1H3,(H2,22,27,28). The number of primary sulfonamides is 1. The molecule has 0 bridgehead atoms. The summed E-state index contributed by atoms with van der Waals surface area (Å²) in [5.74, 6) is -0.938. The summed E-state index contributed by atoms with van der Waals surface area (Å²) >= 11 is 1.10. The number of aryl methyl sites for hydroxylation is 1. The van der Waals surface area contributed by atoms with Gasteiger partial charge in [0, 0.05) is 12.1 Å². The second-order valence-electron chi connectivity index (χ2n) is 6.37. The fourth-order valence-corrected chi connectivity index (χ4v) is 4.52. The van der Waals surface area contributed by atoms with Crippen molar-refractivity contribution in [3.63, 3.8) is 0 Å². The van der Waals surface area contributed by atoms with Crippen molar-refractivity contribution in [3.8, 4) is 6.07 Å². The zero-order valence-electron chi connectivity index (χ0n) is 16.4. The Hall–Kier alpha value is -3.33. The highest BCUT2D eigenvalue weighted by Gasteiger charge is 2.15. The Balaban J connectivity index is 2.09. The number of rotatable bonds is 6. The number of aromatic nitrogens is 1. The number of benzene rings is 2. The summed E-state index contributed by atoms with van der Waals surface area (Å²) < 4.78 is 30.5. The van der Waals surface area contributed by atoms with Gasteiger partial charge in [-0.1, -0.05) is 11.3 Å². The smallest absolute Gasteiger partial charge is 0.307 e. The molecule has 3 rings (SSSR count). The molecule has 9 nitrogen and oxygen atoms in total. The van der Waals surface area contributed by atoms with Crippen molar-refractivity contribution in [3.05, 3.63) is 58.4 Å². The first kappa shape index (κ1) is 22.4. The fraction of sp³-hybridized carbons (Fsp3) is 0.200. The monoisotopic (exact) mass is 458 g/mol. The zero-order valence-corrected chi connectivity index (χ0v) is 18.1. The predicted molar refractivity (Wildman–Crippen MR) is 113 cm³/mol. The van der Waals surface area contributed by atoms with Gasteiger partial charge in [0.2, 0.25) is 10.0 Å². The van der Waals surface area contributed by atoms with Gasteiger partial charge in [-0.3, -0.25) is 9.59 Å². The summed E-state index contributed by atoms with van der Waals surface area (Å²) in [6, 6.07) is 12.3. The number of hydrogen-bond acceptors (Lipinski definition) is 7. The van der Waals surface area contributed by atoms with E-state index in [1.807, 2.05) is 6.07 Å². The molecule has 0 saturated heterocycles. The molecule has 1 amide bonds. The Kier molecular flexibility index (Phi) is 6.65. The summed E-state index contributed by atoms with van der Waals surface area (Å²) in [6.07, 6.45) is 0.0505. The molecule has 11 heteroatoms. The number of nitrogens with zero attached hydrogens (tertiary/aromatic N) is 3. The van der Waals surface area contributed by atoms with E-state index in [0.717, 1.165) is 11.3 Å². The molecule has 0 saturated carbocycles. The number of hydrogen-bond donors (Lipinski definition) is 1. The third kappa shape index (κ3) is 5.24. The van der Waals surface area contributed by atoms with E-state index in [9.17, 15) is 18.0 Å². The molecule has 0 fully saturated rings. The zero-order chi connectivity index (χ0) is 22.6. The topological polar surface area (TPSA) is 145 Å². The molecule has 31 heavy (non-hydrogen) atoms. The highest BCUT2D eigenvalue weighted by Crippen LogP contribution is 2.22. The summed E-state index contributed by atoms with van der Waals surface area (Å²) in [4.78, 5) is 28.9. The first-order valence-electron chi connectivity index (χ1n) is 9.14. The first-order valence-corrected chi connectivity index (χ1v) is 11.5. The number of esters is 1. The Morgan fingerprint density at radius 2 is 1.94 bits per heavy atom. The van der Waals surface area contributed by atoms with E-state index in [4.69, 9.17) is 15.1 Å². The number of thiazole rings is 1. The maximum absolute atomic E-state index is 12.6. The van der Waals surface area contributed by atoms with Gasteiger partial charge in [-0.15, -0.1) is 0 Å². The van der Waals surface area contributed by atoms with Gasteiger partial charge in [0.1, 0.15) is 0 Å². The lowest BCUT2D eigenvalue weighted by Gasteiger charge is -2.06. The predicted octanol–water partition coefficient (Wildman–Crippen LogP) is 1.92. The van der Waals surface area contributed by atoms with E-state index in [1.54, 1.807) is 17.6 Å². The maximum Gasteiger partial charge on any atom is 0.307 e. The molecule has 0 aliphatic heterocycles. The molecule has 0 unspecified atom stereocenters. The summed E-state index contributed by atoms with van der Waals surface area (Å²) in [7, 11) is -3.90. The molecular formula is C20H18N4O5S2. The highest BCUT2D eigenvalue weighted by atomic mass is 32.2. The third-order valence-electron chi connectivity index (χ3n) is 4.29. The van der Waals surface area contributed by atoms with Crippen molar-refractivity contribution in [2.45, 2.75) is 24.8 Å². The molecule has 3 aromatic rings. The van der Waals surface area contributed by atoms with Crippen LogP contribution in [0.15, 0.2) is 52.4 Å². The van der Waals surface area contributed by atoms with Crippen LogP contribution in [0.5, 0.6) is 0 Å². The van der Waals surface area contributed by atoms with Gasteiger partial charge in [0.25, 0.3) is 5.91 Å². The van der Waals surface area contributed by atoms with Gasteiger partial charge < -0.3 is 9.30 Å². The first-order chi connectivity index (χ1) is 14.7. The van der Waals surface area contributed by atoms with Crippen LogP contribution in [-0.2, 0) is 26.1 Å². The van der Waals surface area contributed by atoms with E-state index in [0.29, 0.717) is 26.1 Å². The lowest BCUT2D eigenvalue weighted by molar-refractivity contribution is -0.143. The second kappa shape index (κ2) is 9.22. The van der Waals surface area contributed by atoms with Crippen LogP contribution in [0, 0.1) is 11.3 Å². The molecule has 0 spiro atoms. The number of ether oxygens (including phenoxy) is 1. The lowest BCUT2D eigenvalue weighted by atomic mass is 10.1. The van der Waals surface area contributed by atoms with Crippen molar-refractivity contribution in [1.82, 2.24) is 4.57 Å². The molecule has 2 N–H and O–H groups in total. The largest absolute Gasteiger partial charge is 0.466 e. The van der Waals surface area contributed by atoms with Crippen molar-refractivity contribution in [2.75, 3.05) is 6.61 Å². The third-order valence-corrected chi connectivity index (χ3v) is 6.24. The molecule has 0 aliphatic carbocycles. The number of sulfonamides is 1. The minimum atomic E-state index is -3.90. The van der Waals surface area contributed by atoms with E-state index in [2.05, 4.69) is 4.99 Å². The van der Waals surface area contributed by atoms with Crippen molar-refractivity contribution in [2.24, 2.45) is 10.1 Å². The van der Waals surface area contributed by atoms with E-state index >= 15 is 0 Å². The van der Waals surface area contributed by atoms with Crippen LogP contribution >= 0.6 is 11.3 Å². The molecule has 160 valence electrons. The van der Waals surface area contributed by atoms with Crippen molar-refractivity contribution >= 4 is 43.5 Å². The van der Waals surface area contributed by atoms with E-state index in [-0.39, 0.29) is 24.5 Å². The SMILES string of the molecule is CCOC(=O)CCn1c(=NC(=O)c2ccc(C#N)cc2)sc2cc(S(N)(=O)=O)ccc21. The van der Waals surface area contributed by atoms with Gasteiger partial charge >= 0.3 is 5.97 Å². The molecule has 0 atom stereocenters. The lowest BCUT2D eigenvalue weighted by Crippen LogP contribution is -2.19. The Bertz CT molecular complexity index is 1360.